The lowest BCUT2D eigenvalue weighted by atomic mass is 10.3. The maximum absolute atomic E-state index is 5.59. The molecule has 15 heavy (non-hydrogen) atoms. The van der Waals surface area contributed by atoms with Gasteiger partial charge in [0.2, 0.25) is 5.88 Å². The summed E-state index contributed by atoms with van der Waals surface area (Å²) in [5.41, 5.74) is 5.59. The van der Waals surface area contributed by atoms with Gasteiger partial charge in [-0.2, -0.15) is 4.98 Å². The summed E-state index contributed by atoms with van der Waals surface area (Å²) in [4.78, 5) is 10.4. The number of nitrogens with zero attached hydrogens (tertiary/aromatic N) is 3. The average Bonchev–Trinajstić information content (AvgIpc) is 2.28. The largest absolute Gasteiger partial charge is 0.477 e. The van der Waals surface area contributed by atoms with Crippen molar-refractivity contribution in [2.75, 3.05) is 25.1 Å². The van der Waals surface area contributed by atoms with Gasteiger partial charge in [-0.15, -0.1) is 0 Å². The number of hydrogen-bond donors (Lipinski definition) is 1. The summed E-state index contributed by atoms with van der Waals surface area (Å²) in [5.74, 6) is 1.32. The Morgan fingerprint density at radius 1 is 1.53 bits per heavy atom. The van der Waals surface area contributed by atoms with E-state index >= 15 is 0 Å². The molecule has 1 rings (SSSR count). The molecule has 1 aromatic rings. The lowest BCUT2D eigenvalue weighted by molar-refractivity contribution is 0.325. The Kier molecular flexibility index (Phi) is 4.30. The third kappa shape index (κ3) is 3.06. The molecule has 0 radical (unpaired) electrons. The minimum Gasteiger partial charge on any atom is -0.477 e. The molecule has 0 saturated heterocycles. The van der Waals surface area contributed by atoms with Crippen LogP contribution in [-0.4, -0.2) is 36.2 Å². The predicted molar refractivity (Wildman–Crippen MR) is 60.1 cm³/mol. The van der Waals surface area contributed by atoms with Crippen molar-refractivity contribution in [1.82, 2.24) is 9.97 Å². The van der Waals surface area contributed by atoms with Gasteiger partial charge in [-0.05, 0) is 13.8 Å². The average molecular weight is 210 g/mol. The maximum Gasteiger partial charge on any atom is 0.234 e. The van der Waals surface area contributed by atoms with Crippen LogP contribution in [0.3, 0.4) is 0 Å². The van der Waals surface area contributed by atoms with E-state index in [2.05, 4.69) is 9.97 Å². The van der Waals surface area contributed by atoms with Crippen LogP contribution in [0.15, 0.2) is 12.4 Å². The Hall–Kier alpha value is -1.36. The zero-order valence-electron chi connectivity index (χ0n) is 9.47. The van der Waals surface area contributed by atoms with E-state index in [9.17, 15) is 0 Å². The first-order chi connectivity index (χ1) is 7.19. The Morgan fingerprint density at radius 3 is 2.87 bits per heavy atom. The van der Waals surface area contributed by atoms with Gasteiger partial charge in [0.1, 0.15) is 0 Å². The number of hydrogen-bond acceptors (Lipinski definition) is 5. The second-order valence-corrected chi connectivity index (χ2v) is 3.34. The lowest BCUT2D eigenvalue weighted by Gasteiger charge is -2.24. The number of rotatable bonds is 5. The highest BCUT2D eigenvalue weighted by Gasteiger charge is 2.10. The Balaban J connectivity index is 2.80. The van der Waals surface area contributed by atoms with Gasteiger partial charge in [-0.3, -0.25) is 4.98 Å². The molecule has 1 unspecified atom stereocenters. The van der Waals surface area contributed by atoms with E-state index in [1.54, 1.807) is 12.4 Å². The lowest BCUT2D eigenvalue weighted by Crippen LogP contribution is -2.35. The molecular formula is C10H18N4O. The molecule has 1 heterocycles. The Morgan fingerprint density at radius 2 is 2.27 bits per heavy atom. The van der Waals surface area contributed by atoms with E-state index in [1.807, 2.05) is 25.8 Å². The number of anilines is 1. The summed E-state index contributed by atoms with van der Waals surface area (Å²) >= 11 is 0. The third-order valence-corrected chi connectivity index (χ3v) is 2.26. The van der Waals surface area contributed by atoms with Crippen molar-refractivity contribution in [2.45, 2.75) is 19.9 Å². The Labute approximate surface area is 90.3 Å². The molecule has 1 atom stereocenters. The molecule has 5 nitrogen and oxygen atoms in total. The summed E-state index contributed by atoms with van der Waals surface area (Å²) in [5, 5.41) is 0. The molecule has 0 aliphatic heterocycles. The number of aromatic nitrogens is 2. The van der Waals surface area contributed by atoms with Gasteiger partial charge in [0.15, 0.2) is 5.82 Å². The van der Waals surface area contributed by atoms with Crippen LogP contribution in [0.2, 0.25) is 0 Å². The maximum atomic E-state index is 5.59. The summed E-state index contributed by atoms with van der Waals surface area (Å²) in [7, 11) is 1.94. The monoisotopic (exact) mass is 210 g/mol. The van der Waals surface area contributed by atoms with Crippen molar-refractivity contribution in [3.05, 3.63) is 12.4 Å². The van der Waals surface area contributed by atoms with Gasteiger partial charge in [0, 0.05) is 19.6 Å². The molecule has 0 spiro atoms. The predicted octanol–water partition coefficient (Wildman–Crippen LogP) is 0.659. The minimum atomic E-state index is 0.233. The Bertz CT molecular complexity index is 305. The fourth-order valence-electron chi connectivity index (χ4n) is 1.11. The number of likely N-dealkylation sites (N-methyl/N-ethyl adjacent to an activating group) is 1. The van der Waals surface area contributed by atoms with Gasteiger partial charge in [-0.1, -0.05) is 0 Å². The van der Waals surface area contributed by atoms with E-state index in [0.29, 0.717) is 19.0 Å². The molecule has 5 heteroatoms. The zero-order chi connectivity index (χ0) is 11.3. The standard InChI is InChI=1S/C10H18N4O/c1-4-15-10-7-12-6-9(13-10)14(3)8(2)5-11/h6-8H,4-5,11H2,1-3H3. The van der Waals surface area contributed by atoms with Crippen LogP contribution in [0.1, 0.15) is 13.8 Å². The van der Waals surface area contributed by atoms with Crippen molar-refractivity contribution >= 4 is 5.82 Å². The van der Waals surface area contributed by atoms with Gasteiger partial charge in [-0.25, -0.2) is 0 Å². The first-order valence-corrected chi connectivity index (χ1v) is 5.06. The van der Waals surface area contributed by atoms with Crippen molar-refractivity contribution < 1.29 is 4.74 Å². The second-order valence-electron chi connectivity index (χ2n) is 3.34. The van der Waals surface area contributed by atoms with Crippen LogP contribution in [0.5, 0.6) is 5.88 Å². The van der Waals surface area contributed by atoms with E-state index in [-0.39, 0.29) is 6.04 Å². The highest BCUT2D eigenvalue weighted by molar-refractivity contribution is 5.37. The molecule has 1 aromatic heterocycles. The first-order valence-electron chi connectivity index (χ1n) is 5.06. The van der Waals surface area contributed by atoms with Crippen LogP contribution in [0.4, 0.5) is 5.82 Å². The van der Waals surface area contributed by atoms with Gasteiger partial charge < -0.3 is 15.4 Å². The van der Waals surface area contributed by atoms with Crippen molar-refractivity contribution in [1.29, 1.82) is 0 Å². The fraction of sp³-hybridized carbons (Fsp3) is 0.600. The number of nitrogens with two attached hydrogens (primary N) is 1. The molecule has 0 fully saturated rings. The van der Waals surface area contributed by atoms with Crippen molar-refractivity contribution in [2.24, 2.45) is 5.73 Å². The summed E-state index contributed by atoms with van der Waals surface area (Å²) < 4.78 is 5.28. The van der Waals surface area contributed by atoms with Crippen molar-refractivity contribution in [3.8, 4) is 5.88 Å². The summed E-state index contributed by atoms with van der Waals surface area (Å²) in [6, 6.07) is 0.233. The number of ether oxygens (including phenoxy) is 1. The van der Waals surface area contributed by atoms with Gasteiger partial charge >= 0.3 is 0 Å². The van der Waals surface area contributed by atoms with Crippen LogP contribution < -0.4 is 15.4 Å². The molecule has 0 aliphatic carbocycles. The van der Waals surface area contributed by atoms with Crippen LogP contribution in [0.25, 0.3) is 0 Å². The minimum absolute atomic E-state index is 0.233. The highest BCUT2D eigenvalue weighted by Crippen LogP contribution is 2.14. The van der Waals surface area contributed by atoms with Gasteiger partial charge in [0.05, 0.1) is 19.0 Å². The molecular weight excluding hydrogens is 192 g/mol. The van der Waals surface area contributed by atoms with Crippen molar-refractivity contribution in [3.63, 3.8) is 0 Å². The van der Waals surface area contributed by atoms with Crippen LogP contribution >= 0.6 is 0 Å². The quantitative estimate of drug-likeness (QED) is 0.773. The highest BCUT2D eigenvalue weighted by atomic mass is 16.5. The summed E-state index contributed by atoms with van der Waals surface area (Å²) in [6.45, 7) is 5.13. The first kappa shape index (κ1) is 11.7. The molecule has 0 aliphatic rings. The van der Waals surface area contributed by atoms with Crippen LogP contribution in [-0.2, 0) is 0 Å². The zero-order valence-corrected chi connectivity index (χ0v) is 9.47. The SMILES string of the molecule is CCOc1cncc(N(C)C(C)CN)n1. The van der Waals surface area contributed by atoms with Crippen LogP contribution in [0, 0.1) is 0 Å². The molecule has 0 amide bonds. The molecule has 2 N–H and O–H groups in total. The third-order valence-electron chi connectivity index (χ3n) is 2.26. The smallest absolute Gasteiger partial charge is 0.234 e. The normalized spacial score (nSPS) is 12.3. The second kappa shape index (κ2) is 5.50. The molecule has 0 aromatic carbocycles. The van der Waals surface area contributed by atoms with E-state index < -0.39 is 0 Å². The topological polar surface area (TPSA) is 64.3 Å². The fourth-order valence-corrected chi connectivity index (χ4v) is 1.11. The molecule has 84 valence electrons. The molecule has 0 saturated carbocycles. The van der Waals surface area contributed by atoms with E-state index in [0.717, 1.165) is 5.82 Å². The molecule has 0 bridgehead atoms. The van der Waals surface area contributed by atoms with E-state index in [4.69, 9.17) is 10.5 Å². The van der Waals surface area contributed by atoms with E-state index in [1.165, 1.54) is 0 Å². The summed E-state index contributed by atoms with van der Waals surface area (Å²) in [6.07, 6.45) is 3.31. The van der Waals surface area contributed by atoms with Gasteiger partial charge in [0.25, 0.3) is 0 Å².